The standard InChI is InChI=1S/C24H30N2O4S/c1-26(31(28,29)22-11-7-4-8-12-22)18-21-17-20(13-14-23(21)30-2)24(27)25-16-15-19-9-5-3-6-10-19/h4,7-9,11-14,17H,3,5-6,10,15-16,18H2,1-2H3,(H,25,27). The average molecular weight is 443 g/mol. The number of hydrogen-bond acceptors (Lipinski definition) is 4. The lowest BCUT2D eigenvalue weighted by atomic mass is 9.97. The smallest absolute Gasteiger partial charge is 0.251 e. The molecule has 2 aromatic rings. The summed E-state index contributed by atoms with van der Waals surface area (Å²) in [6, 6.07) is 13.4. The van der Waals surface area contributed by atoms with E-state index >= 15 is 0 Å². The molecule has 0 saturated heterocycles. The van der Waals surface area contributed by atoms with Crippen molar-refractivity contribution >= 4 is 15.9 Å². The number of amides is 1. The SMILES string of the molecule is COc1ccc(C(=O)NCCC2=CCCCC2)cc1CN(C)S(=O)(=O)c1ccccc1. The van der Waals surface area contributed by atoms with Crippen LogP contribution < -0.4 is 10.1 Å². The molecule has 1 N–H and O–H groups in total. The molecule has 0 unspecified atom stereocenters. The van der Waals surface area contributed by atoms with Gasteiger partial charge in [-0.15, -0.1) is 0 Å². The highest BCUT2D eigenvalue weighted by molar-refractivity contribution is 7.89. The van der Waals surface area contributed by atoms with Gasteiger partial charge in [-0.05, 0) is 62.4 Å². The molecule has 0 atom stereocenters. The molecule has 2 aromatic carbocycles. The highest BCUT2D eigenvalue weighted by Gasteiger charge is 2.22. The number of nitrogens with zero attached hydrogens (tertiary/aromatic N) is 1. The van der Waals surface area contributed by atoms with E-state index in [2.05, 4.69) is 11.4 Å². The molecular weight excluding hydrogens is 412 g/mol. The number of allylic oxidation sites excluding steroid dienone is 1. The van der Waals surface area contributed by atoms with Crippen LogP contribution in [0.1, 0.15) is 48.0 Å². The Balaban J connectivity index is 1.69. The van der Waals surface area contributed by atoms with Crippen molar-refractivity contribution in [2.24, 2.45) is 0 Å². The summed E-state index contributed by atoms with van der Waals surface area (Å²) in [4.78, 5) is 12.9. The molecule has 0 saturated carbocycles. The molecule has 3 rings (SSSR count). The maximum Gasteiger partial charge on any atom is 0.251 e. The van der Waals surface area contributed by atoms with E-state index in [0.29, 0.717) is 23.4 Å². The van der Waals surface area contributed by atoms with Crippen molar-refractivity contribution in [2.45, 2.75) is 43.5 Å². The number of nitrogens with one attached hydrogen (secondary N) is 1. The Morgan fingerprint density at radius 3 is 2.58 bits per heavy atom. The summed E-state index contributed by atoms with van der Waals surface area (Å²) in [5, 5.41) is 2.97. The Kier molecular flexibility index (Phi) is 7.87. The summed E-state index contributed by atoms with van der Waals surface area (Å²) in [6.07, 6.45) is 7.87. The number of benzene rings is 2. The van der Waals surface area contributed by atoms with Gasteiger partial charge in [-0.3, -0.25) is 4.79 Å². The van der Waals surface area contributed by atoms with Gasteiger partial charge >= 0.3 is 0 Å². The second-order valence-corrected chi connectivity index (χ2v) is 9.76. The number of rotatable bonds is 9. The van der Waals surface area contributed by atoms with Gasteiger partial charge in [0.2, 0.25) is 10.0 Å². The van der Waals surface area contributed by atoms with Gasteiger partial charge in [0.25, 0.3) is 5.91 Å². The molecule has 166 valence electrons. The molecule has 1 amide bonds. The molecular formula is C24H30N2O4S. The van der Waals surface area contributed by atoms with Gasteiger partial charge in [0.05, 0.1) is 12.0 Å². The van der Waals surface area contributed by atoms with E-state index in [-0.39, 0.29) is 17.3 Å². The second-order valence-electron chi connectivity index (χ2n) is 7.71. The van der Waals surface area contributed by atoms with E-state index in [1.165, 1.54) is 36.9 Å². The fourth-order valence-electron chi connectivity index (χ4n) is 3.71. The lowest BCUT2D eigenvalue weighted by Gasteiger charge is -2.19. The van der Waals surface area contributed by atoms with Gasteiger partial charge in [0.1, 0.15) is 5.75 Å². The first kappa shape index (κ1) is 23.0. The summed E-state index contributed by atoms with van der Waals surface area (Å²) < 4.78 is 32.4. The molecule has 0 aromatic heterocycles. The number of ether oxygens (including phenoxy) is 1. The third-order valence-corrected chi connectivity index (χ3v) is 7.32. The quantitative estimate of drug-likeness (QED) is 0.593. The Hall–Kier alpha value is -2.64. The first-order valence-corrected chi connectivity index (χ1v) is 12.0. The molecule has 31 heavy (non-hydrogen) atoms. The average Bonchev–Trinajstić information content (AvgIpc) is 2.80. The Morgan fingerprint density at radius 1 is 1.13 bits per heavy atom. The summed E-state index contributed by atoms with van der Waals surface area (Å²) in [5.41, 5.74) is 2.53. The molecule has 0 radical (unpaired) electrons. The van der Waals surface area contributed by atoms with E-state index in [1.54, 1.807) is 48.5 Å². The van der Waals surface area contributed by atoms with Gasteiger partial charge in [-0.25, -0.2) is 8.42 Å². The van der Waals surface area contributed by atoms with Crippen LogP contribution in [0.4, 0.5) is 0 Å². The first-order valence-electron chi connectivity index (χ1n) is 10.6. The largest absolute Gasteiger partial charge is 0.496 e. The zero-order chi connectivity index (χ0) is 22.3. The maximum atomic E-state index is 12.8. The number of carbonyl (C=O) groups excluding carboxylic acids is 1. The summed E-state index contributed by atoms with van der Waals surface area (Å²) in [7, 11) is -0.601. The predicted octanol–water partition coefficient (Wildman–Crippen LogP) is 4.14. The zero-order valence-corrected chi connectivity index (χ0v) is 19.0. The van der Waals surface area contributed by atoms with Gasteiger partial charge in [-0.2, -0.15) is 4.31 Å². The molecule has 6 nitrogen and oxygen atoms in total. The molecule has 0 aliphatic heterocycles. The van der Waals surface area contributed by atoms with Crippen LogP contribution in [0.5, 0.6) is 5.75 Å². The van der Waals surface area contributed by atoms with Crippen LogP contribution in [0, 0.1) is 0 Å². The fraction of sp³-hybridized carbons (Fsp3) is 0.375. The van der Waals surface area contributed by atoms with Crippen LogP contribution in [-0.2, 0) is 16.6 Å². The van der Waals surface area contributed by atoms with Crippen LogP contribution in [0.25, 0.3) is 0 Å². The normalized spacial score (nSPS) is 14.2. The van der Waals surface area contributed by atoms with Crippen molar-refractivity contribution in [2.75, 3.05) is 20.7 Å². The third-order valence-electron chi connectivity index (χ3n) is 5.50. The maximum absolute atomic E-state index is 12.8. The number of hydrogen-bond donors (Lipinski definition) is 1. The summed E-state index contributed by atoms with van der Waals surface area (Å²) >= 11 is 0. The second kappa shape index (κ2) is 10.6. The van der Waals surface area contributed by atoms with Crippen LogP contribution in [-0.4, -0.2) is 39.3 Å². The van der Waals surface area contributed by atoms with Crippen LogP contribution in [0.15, 0.2) is 65.1 Å². The molecule has 0 heterocycles. The highest BCUT2D eigenvalue weighted by atomic mass is 32.2. The minimum Gasteiger partial charge on any atom is -0.496 e. The third kappa shape index (κ3) is 5.95. The Labute approximate surface area is 185 Å². The molecule has 0 bridgehead atoms. The zero-order valence-electron chi connectivity index (χ0n) is 18.1. The summed E-state index contributed by atoms with van der Waals surface area (Å²) in [6.45, 7) is 0.683. The monoisotopic (exact) mass is 442 g/mol. The topological polar surface area (TPSA) is 75.7 Å². The van der Waals surface area contributed by atoms with Crippen LogP contribution in [0.2, 0.25) is 0 Å². The highest BCUT2D eigenvalue weighted by Crippen LogP contribution is 2.24. The van der Waals surface area contributed by atoms with E-state index in [1.807, 2.05) is 0 Å². The van der Waals surface area contributed by atoms with Gasteiger partial charge < -0.3 is 10.1 Å². The van der Waals surface area contributed by atoms with Gasteiger partial charge in [0.15, 0.2) is 0 Å². The van der Waals surface area contributed by atoms with E-state index < -0.39 is 10.0 Å². The van der Waals surface area contributed by atoms with E-state index in [0.717, 1.165) is 19.3 Å². The lowest BCUT2D eigenvalue weighted by Crippen LogP contribution is -2.27. The fourth-order valence-corrected chi connectivity index (χ4v) is 4.88. The van der Waals surface area contributed by atoms with Crippen molar-refractivity contribution in [3.8, 4) is 5.75 Å². The number of carbonyl (C=O) groups is 1. The van der Waals surface area contributed by atoms with Crippen molar-refractivity contribution in [1.29, 1.82) is 0 Å². The molecule has 0 spiro atoms. The predicted molar refractivity (Wildman–Crippen MR) is 122 cm³/mol. The molecule has 7 heteroatoms. The van der Waals surface area contributed by atoms with Crippen molar-refractivity contribution in [3.05, 3.63) is 71.3 Å². The van der Waals surface area contributed by atoms with Crippen molar-refractivity contribution < 1.29 is 17.9 Å². The van der Waals surface area contributed by atoms with Gasteiger partial charge in [0, 0.05) is 31.3 Å². The molecule has 1 aliphatic rings. The minimum atomic E-state index is -3.65. The van der Waals surface area contributed by atoms with Crippen LogP contribution in [0.3, 0.4) is 0 Å². The number of methoxy groups -OCH3 is 1. The van der Waals surface area contributed by atoms with Gasteiger partial charge in [-0.1, -0.05) is 29.8 Å². The Bertz CT molecular complexity index is 1030. The van der Waals surface area contributed by atoms with E-state index in [4.69, 9.17) is 4.74 Å². The van der Waals surface area contributed by atoms with E-state index in [9.17, 15) is 13.2 Å². The van der Waals surface area contributed by atoms with Crippen molar-refractivity contribution in [3.63, 3.8) is 0 Å². The minimum absolute atomic E-state index is 0.0917. The molecule has 0 fully saturated rings. The summed E-state index contributed by atoms with van der Waals surface area (Å²) in [5.74, 6) is 0.368. The Morgan fingerprint density at radius 2 is 1.90 bits per heavy atom. The van der Waals surface area contributed by atoms with Crippen molar-refractivity contribution in [1.82, 2.24) is 9.62 Å². The first-order chi connectivity index (χ1) is 14.9. The lowest BCUT2D eigenvalue weighted by molar-refractivity contribution is 0.0954. The number of sulfonamides is 1. The molecule has 1 aliphatic carbocycles. The van der Waals surface area contributed by atoms with Crippen LogP contribution >= 0.6 is 0 Å².